The van der Waals surface area contributed by atoms with Gasteiger partial charge in [0.05, 0.1) is 11.0 Å². The van der Waals surface area contributed by atoms with Crippen molar-refractivity contribution in [3.05, 3.63) is 11.1 Å². The van der Waals surface area contributed by atoms with Crippen molar-refractivity contribution in [2.75, 3.05) is 5.33 Å². The van der Waals surface area contributed by atoms with E-state index in [1.807, 2.05) is 0 Å². The fourth-order valence-electron chi connectivity index (χ4n) is 0.723. The van der Waals surface area contributed by atoms with Gasteiger partial charge in [-0.25, -0.2) is 0 Å². The summed E-state index contributed by atoms with van der Waals surface area (Å²) >= 11 is 3.44. The van der Waals surface area contributed by atoms with Crippen molar-refractivity contribution < 1.29 is 18.0 Å². The molecule has 1 N–H and O–H groups in total. The molecule has 74 valence electrons. The summed E-state index contributed by atoms with van der Waals surface area (Å²) in [6, 6.07) is 0. The zero-order valence-corrected chi connectivity index (χ0v) is 8.59. The number of hydrogen-bond acceptors (Lipinski definition) is 3. The number of carbonyl (C=O) groups excluding carboxylic acids is 1. The monoisotopic (exact) mass is 275 g/mol. The highest BCUT2D eigenvalue weighted by Crippen LogP contribution is 2.34. The van der Waals surface area contributed by atoms with Crippen molar-refractivity contribution in [3.8, 4) is 0 Å². The maximum atomic E-state index is 12.1. The van der Waals surface area contributed by atoms with Gasteiger partial charge >= 0.3 is 6.18 Å². The molecule has 0 spiro atoms. The van der Waals surface area contributed by atoms with Crippen LogP contribution in [0.25, 0.3) is 0 Å². The molecule has 0 amide bonds. The smallest absolute Gasteiger partial charge is 0.362 e. The number of Topliss-reactive ketones (excluding diaryl/α,β-unsaturated/α-hetero) is 1. The Bertz CT molecular complexity index is 253. The second kappa shape index (κ2) is 3.91. The lowest BCUT2D eigenvalue weighted by atomic mass is 10.3. The second-order valence-electron chi connectivity index (χ2n) is 2.29. The van der Waals surface area contributed by atoms with E-state index in [9.17, 15) is 18.0 Å². The van der Waals surface area contributed by atoms with Gasteiger partial charge in [-0.2, -0.15) is 13.2 Å². The van der Waals surface area contributed by atoms with Gasteiger partial charge < -0.3 is 5.32 Å². The van der Waals surface area contributed by atoms with Gasteiger partial charge in [0.2, 0.25) is 0 Å². The van der Waals surface area contributed by atoms with Crippen LogP contribution >= 0.6 is 27.7 Å². The van der Waals surface area contributed by atoms with Crippen LogP contribution < -0.4 is 5.32 Å². The summed E-state index contributed by atoms with van der Waals surface area (Å²) in [5.74, 6) is -0.376. The van der Waals surface area contributed by atoms with Crippen LogP contribution in [0.4, 0.5) is 13.2 Å². The van der Waals surface area contributed by atoms with Crippen LogP contribution in [-0.4, -0.2) is 22.7 Å². The molecule has 0 fully saturated rings. The van der Waals surface area contributed by atoms with Gasteiger partial charge in [-0.3, -0.25) is 4.79 Å². The number of alkyl halides is 4. The molecule has 1 unspecified atom stereocenters. The highest BCUT2D eigenvalue weighted by Gasteiger charge is 2.43. The maximum Gasteiger partial charge on any atom is 0.418 e. The molecule has 1 rings (SSSR count). The second-order valence-corrected chi connectivity index (χ2v) is 3.83. The largest absolute Gasteiger partial charge is 0.418 e. The summed E-state index contributed by atoms with van der Waals surface area (Å²) in [5.41, 5.74) is 0.0178. The zero-order chi connectivity index (χ0) is 10.1. The van der Waals surface area contributed by atoms with E-state index >= 15 is 0 Å². The third-order valence-corrected chi connectivity index (χ3v) is 2.87. The first kappa shape index (κ1) is 10.9. The molecule has 0 aliphatic carbocycles. The number of allylic oxidation sites excluding steroid dienone is 1. The van der Waals surface area contributed by atoms with Crippen molar-refractivity contribution in [2.24, 2.45) is 0 Å². The van der Waals surface area contributed by atoms with Crippen molar-refractivity contribution in [2.45, 2.75) is 11.6 Å². The Morgan fingerprint density at radius 2 is 2.31 bits per heavy atom. The van der Waals surface area contributed by atoms with Gasteiger partial charge in [-0.15, -0.1) is 0 Å². The zero-order valence-electron chi connectivity index (χ0n) is 6.19. The van der Waals surface area contributed by atoms with Crippen LogP contribution in [0.1, 0.15) is 0 Å². The van der Waals surface area contributed by atoms with Crippen LogP contribution in [0.2, 0.25) is 0 Å². The van der Waals surface area contributed by atoms with Crippen molar-refractivity contribution in [1.82, 2.24) is 5.32 Å². The van der Waals surface area contributed by atoms with Gasteiger partial charge in [0.1, 0.15) is 0 Å². The molecule has 0 aromatic rings. The molecular weight excluding hydrogens is 271 g/mol. The molecule has 1 aliphatic heterocycles. The highest BCUT2D eigenvalue weighted by molar-refractivity contribution is 9.09. The van der Waals surface area contributed by atoms with E-state index in [2.05, 4.69) is 21.2 Å². The molecule has 0 radical (unpaired) electrons. The Hall–Kier alpha value is -0.170. The molecular formula is C6H5BrF3NOS. The molecule has 0 saturated carbocycles. The number of thioether (sulfide) groups is 1. The Morgan fingerprint density at radius 3 is 2.69 bits per heavy atom. The SMILES string of the molecule is O=C(CBr)C1=CSC(C(F)(F)F)N1. The first-order valence-electron chi connectivity index (χ1n) is 3.23. The van der Waals surface area contributed by atoms with Gasteiger partial charge in [0.25, 0.3) is 0 Å². The third kappa shape index (κ3) is 2.63. The molecule has 1 atom stereocenters. The lowest BCUT2D eigenvalue weighted by Crippen LogP contribution is -2.37. The van der Waals surface area contributed by atoms with E-state index in [1.54, 1.807) is 0 Å². The summed E-state index contributed by atoms with van der Waals surface area (Å²) < 4.78 is 36.2. The topological polar surface area (TPSA) is 29.1 Å². The fraction of sp³-hybridized carbons (Fsp3) is 0.500. The lowest BCUT2D eigenvalue weighted by molar-refractivity contribution is -0.132. The third-order valence-electron chi connectivity index (χ3n) is 1.33. The number of nitrogens with one attached hydrogen (secondary N) is 1. The Morgan fingerprint density at radius 1 is 1.69 bits per heavy atom. The van der Waals surface area contributed by atoms with E-state index in [-0.39, 0.29) is 16.8 Å². The van der Waals surface area contributed by atoms with Crippen LogP contribution in [0, 0.1) is 0 Å². The number of ketones is 1. The van der Waals surface area contributed by atoms with Crippen molar-refractivity contribution in [3.63, 3.8) is 0 Å². The van der Waals surface area contributed by atoms with Gasteiger partial charge in [-0.1, -0.05) is 27.7 Å². The van der Waals surface area contributed by atoms with E-state index in [4.69, 9.17) is 0 Å². The lowest BCUT2D eigenvalue weighted by Gasteiger charge is -2.15. The highest BCUT2D eigenvalue weighted by atomic mass is 79.9. The van der Waals surface area contributed by atoms with E-state index in [0.29, 0.717) is 11.8 Å². The molecule has 0 aromatic heterocycles. The summed E-state index contributed by atoms with van der Waals surface area (Å²) in [6.07, 6.45) is -4.32. The Labute approximate surface area is 85.1 Å². The van der Waals surface area contributed by atoms with E-state index < -0.39 is 11.6 Å². The predicted molar refractivity (Wildman–Crippen MR) is 47.5 cm³/mol. The standard InChI is InChI=1S/C6H5BrF3NOS/c7-1-4(12)3-2-13-5(11-3)6(8,9)10/h2,5,11H,1H2. The van der Waals surface area contributed by atoms with Gasteiger partial charge in [0.15, 0.2) is 11.2 Å². The minimum absolute atomic E-state index is 0.0178. The quantitative estimate of drug-likeness (QED) is 0.782. The number of halogens is 4. The average molecular weight is 276 g/mol. The summed E-state index contributed by atoms with van der Waals surface area (Å²) in [4.78, 5) is 10.9. The van der Waals surface area contributed by atoms with E-state index in [0.717, 1.165) is 0 Å². The Balaban J connectivity index is 2.57. The molecule has 0 aromatic carbocycles. The maximum absolute atomic E-state index is 12.1. The normalized spacial score (nSPS) is 22.5. The molecule has 1 aliphatic rings. The predicted octanol–water partition coefficient (Wildman–Crippen LogP) is 2.02. The summed E-state index contributed by atoms with van der Waals surface area (Å²) in [5, 5.41) is 1.63. The van der Waals surface area contributed by atoms with E-state index in [1.165, 1.54) is 5.41 Å². The van der Waals surface area contributed by atoms with Crippen LogP contribution in [-0.2, 0) is 4.79 Å². The number of hydrogen-bond donors (Lipinski definition) is 1. The summed E-state index contributed by atoms with van der Waals surface area (Å²) in [7, 11) is 0. The average Bonchev–Trinajstić information content (AvgIpc) is 2.50. The molecule has 13 heavy (non-hydrogen) atoms. The Kier molecular flexibility index (Phi) is 3.28. The molecule has 2 nitrogen and oxygen atoms in total. The van der Waals surface area contributed by atoms with Crippen LogP contribution in [0.3, 0.4) is 0 Å². The fourth-order valence-corrected chi connectivity index (χ4v) is 1.85. The van der Waals surface area contributed by atoms with Gasteiger partial charge in [-0.05, 0) is 0 Å². The summed E-state index contributed by atoms with van der Waals surface area (Å²) in [6.45, 7) is 0. The van der Waals surface area contributed by atoms with Crippen LogP contribution in [0.15, 0.2) is 11.1 Å². The first-order chi connectivity index (χ1) is 5.95. The molecule has 0 saturated heterocycles. The molecule has 0 bridgehead atoms. The molecule has 1 heterocycles. The minimum atomic E-state index is -4.32. The van der Waals surface area contributed by atoms with Crippen LogP contribution in [0.5, 0.6) is 0 Å². The van der Waals surface area contributed by atoms with Crippen molar-refractivity contribution in [1.29, 1.82) is 0 Å². The first-order valence-corrected chi connectivity index (χ1v) is 5.29. The minimum Gasteiger partial charge on any atom is -0.362 e. The van der Waals surface area contributed by atoms with Crippen molar-refractivity contribution >= 4 is 33.5 Å². The molecule has 7 heteroatoms. The number of carbonyl (C=O) groups is 1. The van der Waals surface area contributed by atoms with Gasteiger partial charge in [0, 0.05) is 5.41 Å². The number of rotatable bonds is 2.